The van der Waals surface area contributed by atoms with Gasteiger partial charge in [-0.05, 0) is 56.2 Å². The Balaban J connectivity index is 1.53. The fourth-order valence-corrected chi connectivity index (χ4v) is 8.15. The van der Waals surface area contributed by atoms with Crippen molar-refractivity contribution >= 4 is 11.9 Å². The highest BCUT2D eigenvalue weighted by atomic mass is 16.5. The Labute approximate surface area is 262 Å². The van der Waals surface area contributed by atoms with E-state index in [4.69, 9.17) is 9.47 Å². The number of methoxy groups -OCH3 is 2. The number of nitrogens with zero attached hydrogens (tertiary/aromatic N) is 2. The quantitative estimate of drug-likeness (QED) is 0.309. The Morgan fingerprint density at radius 2 is 1.66 bits per heavy atom. The molecule has 0 radical (unpaired) electrons. The first-order chi connectivity index (χ1) is 21.2. The molecular weight excluding hydrogens is 554 g/mol. The standard InChI is InChI=1S/C36H51N3O5/c1-36(2,44-4)29-30(37-23-28-21-25(22-38-33(28)43-3)20-24-14-8-5-9-15-24)31(26-16-10-6-11-17-26)39(32(29)35(41)42)34(40)27-18-12-7-13-19-27/h6,10-11,16-17,21-22,24,27,29-32,37H,5,7-9,12-15,18-20,23H2,1-4H3,(H,41,42)/t29-,30-,31-,32-/m0/s1. The van der Waals surface area contributed by atoms with Crippen LogP contribution in [0.4, 0.5) is 0 Å². The summed E-state index contributed by atoms with van der Waals surface area (Å²) in [6, 6.07) is 10.2. The first kappa shape index (κ1) is 32.4. The van der Waals surface area contributed by atoms with E-state index in [1.807, 2.05) is 50.4 Å². The summed E-state index contributed by atoms with van der Waals surface area (Å²) in [6.45, 7) is 4.30. The Morgan fingerprint density at radius 1 is 1.00 bits per heavy atom. The SMILES string of the molecule is COc1ncc(CC2CCCCC2)cc1CN[C@H]1[C@H](C(C)(C)OC)[C@@H](C(=O)O)N(C(=O)C2CCCCC2)[C@H]1c1ccccc1. The van der Waals surface area contributed by atoms with Gasteiger partial charge >= 0.3 is 5.97 Å². The number of rotatable bonds is 11. The van der Waals surface area contributed by atoms with Gasteiger partial charge in [0.1, 0.15) is 6.04 Å². The lowest BCUT2D eigenvalue weighted by Gasteiger charge is -2.37. The van der Waals surface area contributed by atoms with Crippen molar-refractivity contribution < 1.29 is 24.2 Å². The molecular formula is C36H51N3O5. The molecule has 8 heteroatoms. The monoisotopic (exact) mass is 605 g/mol. The molecule has 44 heavy (non-hydrogen) atoms. The van der Waals surface area contributed by atoms with Crippen LogP contribution in [0.1, 0.15) is 101 Å². The molecule has 2 saturated carbocycles. The van der Waals surface area contributed by atoms with Gasteiger partial charge < -0.3 is 24.8 Å². The van der Waals surface area contributed by atoms with Crippen molar-refractivity contribution in [3.05, 3.63) is 59.3 Å². The molecule has 2 aliphatic carbocycles. The number of nitrogens with one attached hydrogen (secondary N) is 1. The molecule has 5 rings (SSSR count). The largest absolute Gasteiger partial charge is 0.481 e. The molecule has 0 spiro atoms. The van der Waals surface area contributed by atoms with E-state index in [1.54, 1.807) is 19.1 Å². The number of aliphatic carboxylic acids is 1. The van der Waals surface area contributed by atoms with Crippen LogP contribution in [0.3, 0.4) is 0 Å². The first-order valence-electron chi connectivity index (χ1n) is 16.7. The molecule has 2 heterocycles. The van der Waals surface area contributed by atoms with Crippen LogP contribution in [-0.4, -0.2) is 58.8 Å². The lowest BCUT2D eigenvalue weighted by Crippen LogP contribution is -2.53. The lowest BCUT2D eigenvalue weighted by atomic mass is 9.79. The maximum Gasteiger partial charge on any atom is 0.326 e. The topological polar surface area (TPSA) is 101 Å². The number of carbonyl (C=O) groups excluding carboxylic acids is 1. The van der Waals surface area contributed by atoms with Gasteiger partial charge in [-0.1, -0.05) is 81.7 Å². The molecule has 1 aromatic heterocycles. The molecule has 0 bridgehead atoms. The van der Waals surface area contributed by atoms with Gasteiger partial charge in [0.25, 0.3) is 0 Å². The second kappa shape index (κ2) is 14.4. The van der Waals surface area contributed by atoms with E-state index >= 15 is 0 Å². The summed E-state index contributed by atoms with van der Waals surface area (Å²) in [5.74, 6) is -0.495. The van der Waals surface area contributed by atoms with Crippen LogP contribution in [0.25, 0.3) is 0 Å². The molecule has 2 N–H and O–H groups in total. The van der Waals surface area contributed by atoms with Gasteiger partial charge in [0.05, 0.1) is 18.8 Å². The zero-order valence-corrected chi connectivity index (χ0v) is 27.0. The Morgan fingerprint density at radius 3 is 2.27 bits per heavy atom. The molecule has 1 aliphatic heterocycles. The summed E-state index contributed by atoms with van der Waals surface area (Å²) >= 11 is 0. The van der Waals surface area contributed by atoms with Gasteiger partial charge in [-0.25, -0.2) is 9.78 Å². The maximum atomic E-state index is 14.4. The van der Waals surface area contributed by atoms with Crippen LogP contribution >= 0.6 is 0 Å². The number of hydrogen-bond acceptors (Lipinski definition) is 6. The predicted molar refractivity (Wildman–Crippen MR) is 170 cm³/mol. The van der Waals surface area contributed by atoms with Crippen molar-refractivity contribution in [2.24, 2.45) is 17.8 Å². The lowest BCUT2D eigenvalue weighted by molar-refractivity contribution is -0.156. The Bertz CT molecular complexity index is 1260. The normalized spacial score (nSPS) is 25.2. The number of ether oxygens (including phenoxy) is 2. The van der Waals surface area contributed by atoms with Crippen LogP contribution in [0.2, 0.25) is 0 Å². The van der Waals surface area contributed by atoms with Crippen molar-refractivity contribution in [1.29, 1.82) is 0 Å². The molecule has 1 amide bonds. The molecule has 2 aromatic rings. The van der Waals surface area contributed by atoms with E-state index in [2.05, 4.69) is 16.4 Å². The van der Waals surface area contributed by atoms with Crippen LogP contribution < -0.4 is 10.1 Å². The highest BCUT2D eigenvalue weighted by Gasteiger charge is 2.59. The second-order valence-electron chi connectivity index (χ2n) is 13.7. The summed E-state index contributed by atoms with van der Waals surface area (Å²) < 4.78 is 11.7. The number of carboxylic acid groups (broad SMARTS) is 1. The number of carboxylic acids is 1. The van der Waals surface area contributed by atoms with E-state index in [-0.39, 0.29) is 11.8 Å². The third-order valence-corrected chi connectivity index (χ3v) is 10.6. The number of aromatic nitrogens is 1. The zero-order chi connectivity index (χ0) is 31.3. The predicted octanol–water partition coefficient (Wildman–Crippen LogP) is 6.33. The highest BCUT2D eigenvalue weighted by Crippen LogP contribution is 2.47. The number of likely N-dealkylation sites (tertiary alicyclic amines) is 1. The number of benzene rings is 1. The van der Waals surface area contributed by atoms with E-state index in [1.165, 1.54) is 37.7 Å². The second-order valence-corrected chi connectivity index (χ2v) is 13.7. The van der Waals surface area contributed by atoms with Crippen molar-refractivity contribution in [2.45, 2.75) is 115 Å². The number of pyridine rings is 1. The number of amides is 1. The maximum absolute atomic E-state index is 14.4. The summed E-state index contributed by atoms with van der Waals surface area (Å²) in [4.78, 5) is 33.9. The van der Waals surface area contributed by atoms with Crippen molar-refractivity contribution in [1.82, 2.24) is 15.2 Å². The van der Waals surface area contributed by atoms with Crippen molar-refractivity contribution in [3.63, 3.8) is 0 Å². The summed E-state index contributed by atoms with van der Waals surface area (Å²) in [6.07, 6.45) is 14.1. The molecule has 240 valence electrons. The Hall–Kier alpha value is -2.97. The van der Waals surface area contributed by atoms with Gasteiger partial charge in [-0.2, -0.15) is 0 Å². The number of carbonyl (C=O) groups is 2. The van der Waals surface area contributed by atoms with Crippen molar-refractivity contribution in [2.75, 3.05) is 14.2 Å². The van der Waals surface area contributed by atoms with Crippen LogP contribution in [0.15, 0.2) is 42.6 Å². The molecule has 1 aromatic carbocycles. The summed E-state index contributed by atoms with van der Waals surface area (Å²) in [5, 5.41) is 14.6. The van der Waals surface area contributed by atoms with E-state index in [0.717, 1.165) is 49.7 Å². The molecule has 4 atom stereocenters. The molecule has 3 fully saturated rings. The summed E-state index contributed by atoms with van der Waals surface area (Å²) in [5.41, 5.74) is 2.23. The first-order valence-corrected chi connectivity index (χ1v) is 16.7. The molecule has 8 nitrogen and oxygen atoms in total. The minimum Gasteiger partial charge on any atom is -0.481 e. The average molecular weight is 606 g/mol. The van der Waals surface area contributed by atoms with Crippen molar-refractivity contribution in [3.8, 4) is 5.88 Å². The number of hydrogen-bond donors (Lipinski definition) is 2. The van der Waals surface area contributed by atoms with Crippen LogP contribution in [0, 0.1) is 17.8 Å². The molecule has 3 aliphatic rings. The third kappa shape index (κ3) is 6.96. The highest BCUT2D eigenvalue weighted by molar-refractivity contribution is 5.87. The summed E-state index contributed by atoms with van der Waals surface area (Å²) in [7, 11) is 3.26. The minimum absolute atomic E-state index is 0.0547. The van der Waals surface area contributed by atoms with Gasteiger partial charge in [0.15, 0.2) is 0 Å². The fraction of sp³-hybridized carbons (Fsp3) is 0.639. The molecule has 0 unspecified atom stereocenters. The van der Waals surface area contributed by atoms with Crippen LogP contribution in [-0.2, 0) is 27.3 Å². The van der Waals surface area contributed by atoms with E-state index in [0.29, 0.717) is 18.3 Å². The van der Waals surface area contributed by atoms with Gasteiger partial charge in [0.2, 0.25) is 11.8 Å². The zero-order valence-electron chi connectivity index (χ0n) is 27.0. The van der Waals surface area contributed by atoms with Gasteiger partial charge in [-0.15, -0.1) is 0 Å². The van der Waals surface area contributed by atoms with Gasteiger partial charge in [0, 0.05) is 43.3 Å². The minimum atomic E-state index is -1.04. The van der Waals surface area contributed by atoms with E-state index in [9.17, 15) is 14.7 Å². The van der Waals surface area contributed by atoms with Crippen LogP contribution in [0.5, 0.6) is 5.88 Å². The Kier molecular flexibility index (Phi) is 10.6. The third-order valence-electron chi connectivity index (χ3n) is 10.6. The molecule has 1 saturated heterocycles. The van der Waals surface area contributed by atoms with Gasteiger partial charge in [-0.3, -0.25) is 4.79 Å². The smallest absolute Gasteiger partial charge is 0.326 e. The van der Waals surface area contributed by atoms with E-state index < -0.39 is 35.6 Å². The fourth-order valence-electron chi connectivity index (χ4n) is 8.15. The average Bonchev–Trinajstić information content (AvgIpc) is 3.41.